The predicted octanol–water partition coefficient (Wildman–Crippen LogP) is 3.45. The third kappa shape index (κ3) is 4.03. The number of anilines is 1. The van der Waals surface area contributed by atoms with Crippen molar-refractivity contribution in [2.45, 2.75) is 12.8 Å². The lowest BCUT2D eigenvalue weighted by molar-refractivity contribution is -0.116. The highest BCUT2D eigenvalue weighted by Crippen LogP contribution is 2.19. The number of nitrogens with zero attached hydrogens (tertiary/aromatic N) is 1. The Bertz CT molecular complexity index is 575. The van der Waals surface area contributed by atoms with Gasteiger partial charge in [-0.3, -0.25) is 9.78 Å². The number of carbonyl (C=O) groups is 1. The van der Waals surface area contributed by atoms with E-state index in [9.17, 15) is 9.18 Å². The van der Waals surface area contributed by atoms with E-state index in [1.165, 1.54) is 18.2 Å². The molecule has 0 saturated heterocycles. The van der Waals surface area contributed by atoms with Gasteiger partial charge in [0.15, 0.2) is 0 Å². The number of benzene rings is 1. The number of aromatic nitrogens is 1. The van der Waals surface area contributed by atoms with Gasteiger partial charge in [-0.1, -0.05) is 17.7 Å². The van der Waals surface area contributed by atoms with Gasteiger partial charge in [-0.25, -0.2) is 4.39 Å². The Labute approximate surface area is 115 Å². The summed E-state index contributed by atoms with van der Waals surface area (Å²) in [7, 11) is 0. The van der Waals surface area contributed by atoms with Gasteiger partial charge in [-0.05, 0) is 36.8 Å². The molecular formula is C14H12ClFN2O. The molecular weight excluding hydrogens is 267 g/mol. The van der Waals surface area contributed by atoms with E-state index in [-0.39, 0.29) is 10.9 Å². The second-order valence-corrected chi connectivity index (χ2v) is 4.41. The summed E-state index contributed by atoms with van der Waals surface area (Å²) in [6.07, 6.45) is 2.56. The average Bonchev–Trinajstić information content (AvgIpc) is 2.42. The van der Waals surface area contributed by atoms with Crippen LogP contribution < -0.4 is 5.32 Å². The zero-order valence-corrected chi connectivity index (χ0v) is 10.8. The minimum atomic E-state index is -0.506. The molecule has 0 fully saturated rings. The number of carbonyl (C=O) groups excluding carboxylic acids is 1. The molecule has 98 valence electrons. The van der Waals surface area contributed by atoms with Crippen LogP contribution in [0.3, 0.4) is 0 Å². The third-order valence-corrected chi connectivity index (χ3v) is 2.83. The second-order valence-electron chi connectivity index (χ2n) is 4.00. The molecule has 1 heterocycles. The van der Waals surface area contributed by atoms with Crippen LogP contribution >= 0.6 is 11.6 Å². The highest BCUT2D eigenvalue weighted by molar-refractivity contribution is 6.31. The quantitative estimate of drug-likeness (QED) is 0.931. The van der Waals surface area contributed by atoms with Crippen LogP contribution in [0.2, 0.25) is 5.02 Å². The fraction of sp³-hybridized carbons (Fsp3) is 0.143. The summed E-state index contributed by atoms with van der Waals surface area (Å²) in [5.41, 5.74) is 1.34. The standard InChI is InChI=1S/C14H12ClFN2O/c15-12-9-11(4-6-13(12)16)18-14(19)7-5-10-3-1-2-8-17-10/h1-4,6,8-9H,5,7H2,(H,18,19). The maximum Gasteiger partial charge on any atom is 0.224 e. The average molecular weight is 279 g/mol. The number of hydrogen-bond acceptors (Lipinski definition) is 2. The van der Waals surface area contributed by atoms with Gasteiger partial charge >= 0.3 is 0 Å². The highest BCUT2D eigenvalue weighted by Gasteiger charge is 2.06. The highest BCUT2D eigenvalue weighted by atomic mass is 35.5. The van der Waals surface area contributed by atoms with Gasteiger partial charge in [0.2, 0.25) is 5.91 Å². The molecule has 0 aliphatic carbocycles. The van der Waals surface area contributed by atoms with E-state index in [0.29, 0.717) is 18.5 Å². The summed E-state index contributed by atoms with van der Waals surface area (Å²) in [5.74, 6) is -0.665. The molecule has 0 atom stereocenters. The lowest BCUT2D eigenvalue weighted by atomic mass is 10.2. The van der Waals surface area contributed by atoms with Gasteiger partial charge in [-0.15, -0.1) is 0 Å². The molecule has 2 rings (SSSR count). The van der Waals surface area contributed by atoms with Crippen molar-refractivity contribution in [3.63, 3.8) is 0 Å². The molecule has 1 amide bonds. The van der Waals surface area contributed by atoms with Crippen molar-refractivity contribution < 1.29 is 9.18 Å². The van der Waals surface area contributed by atoms with E-state index in [4.69, 9.17) is 11.6 Å². The summed E-state index contributed by atoms with van der Waals surface area (Å²) < 4.78 is 13.0. The van der Waals surface area contributed by atoms with E-state index < -0.39 is 5.82 Å². The van der Waals surface area contributed by atoms with Gasteiger partial charge < -0.3 is 5.32 Å². The Balaban J connectivity index is 1.89. The monoisotopic (exact) mass is 278 g/mol. The molecule has 5 heteroatoms. The van der Waals surface area contributed by atoms with Crippen molar-refractivity contribution in [1.29, 1.82) is 0 Å². The first-order chi connectivity index (χ1) is 9.15. The summed E-state index contributed by atoms with van der Waals surface area (Å²) >= 11 is 5.63. The molecule has 0 aliphatic heterocycles. The molecule has 0 saturated carbocycles. The van der Waals surface area contributed by atoms with Gasteiger partial charge in [0.25, 0.3) is 0 Å². The first-order valence-corrected chi connectivity index (χ1v) is 6.18. The van der Waals surface area contributed by atoms with Crippen molar-refractivity contribution in [2.24, 2.45) is 0 Å². The molecule has 1 aromatic heterocycles. The Kier molecular flexibility index (Phi) is 4.47. The maximum atomic E-state index is 13.0. The van der Waals surface area contributed by atoms with Crippen molar-refractivity contribution in [3.8, 4) is 0 Å². The predicted molar refractivity (Wildman–Crippen MR) is 72.6 cm³/mol. The maximum absolute atomic E-state index is 13.0. The minimum absolute atomic E-state index is 0.0115. The molecule has 0 unspecified atom stereocenters. The fourth-order valence-electron chi connectivity index (χ4n) is 1.58. The third-order valence-electron chi connectivity index (χ3n) is 2.54. The van der Waals surface area contributed by atoms with Crippen LogP contribution in [0.5, 0.6) is 0 Å². The second kappa shape index (κ2) is 6.29. The van der Waals surface area contributed by atoms with Crippen LogP contribution in [0.1, 0.15) is 12.1 Å². The largest absolute Gasteiger partial charge is 0.326 e. The zero-order valence-electron chi connectivity index (χ0n) is 10.1. The summed E-state index contributed by atoms with van der Waals surface area (Å²) in [5, 5.41) is 2.65. The fourth-order valence-corrected chi connectivity index (χ4v) is 1.77. The summed E-state index contributed by atoms with van der Waals surface area (Å²) in [4.78, 5) is 15.8. The van der Waals surface area contributed by atoms with Gasteiger partial charge in [-0.2, -0.15) is 0 Å². The molecule has 19 heavy (non-hydrogen) atoms. The Morgan fingerprint density at radius 3 is 2.84 bits per heavy atom. The van der Waals surface area contributed by atoms with Crippen LogP contribution in [0, 0.1) is 5.82 Å². The Morgan fingerprint density at radius 1 is 1.32 bits per heavy atom. The van der Waals surface area contributed by atoms with Crippen LogP contribution in [-0.2, 0) is 11.2 Å². The van der Waals surface area contributed by atoms with E-state index in [1.807, 2.05) is 18.2 Å². The molecule has 3 nitrogen and oxygen atoms in total. The molecule has 1 aromatic carbocycles. The molecule has 0 bridgehead atoms. The molecule has 0 spiro atoms. The first-order valence-electron chi connectivity index (χ1n) is 5.80. The van der Waals surface area contributed by atoms with Crippen LogP contribution in [0.4, 0.5) is 10.1 Å². The van der Waals surface area contributed by atoms with E-state index in [2.05, 4.69) is 10.3 Å². The van der Waals surface area contributed by atoms with Crippen LogP contribution in [0.25, 0.3) is 0 Å². The van der Waals surface area contributed by atoms with Crippen LogP contribution in [-0.4, -0.2) is 10.9 Å². The SMILES string of the molecule is O=C(CCc1ccccn1)Nc1ccc(F)c(Cl)c1. The number of amides is 1. The number of nitrogens with one attached hydrogen (secondary N) is 1. The molecule has 2 aromatic rings. The minimum Gasteiger partial charge on any atom is -0.326 e. The lowest BCUT2D eigenvalue weighted by Gasteiger charge is -2.05. The molecule has 1 N–H and O–H groups in total. The molecule has 0 aliphatic rings. The van der Waals surface area contributed by atoms with Crippen LogP contribution in [0.15, 0.2) is 42.6 Å². The van der Waals surface area contributed by atoms with E-state index in [1.54, 1.807) is 6.20 Å². The number of rotatable bonds is 4. The lowest BCUT2D eigenvalue weighted by Crippen LogP contribution is -2.12. The van der Waals surface area contributed by atoms with Crippen molar-refractivity contribution in [2.75, 3.05) is 5.32 Å². The Hall–Kier alpha value is -1.94. The van der Waals surface area contributed by atoms with E-state index >= 15 is 0 Å². The number of halogens is 2. The van der Waals surface area contributed by atoms with Crippen molar-refractivity contribution >= 4 is 23.2 Å². The molecule has 0 radical (unpaired) electrons. The number of aryl methyl sites for hydroxylation is 1. The summed E-state index contributed by atoms with van der Waals surface area (Å²) in [6, 6.07) is 9.64. The Morgan fingerprint density at radius 2 is 2.16 bits per heavy atom. The van der Waals surface area contributed by atoms with Crippen molar-refractivity contribution in [1.82, 2.24) is 4.98 Å². The number of hydrogen-bond donors (Lipinski definition) is 1. The first kappa shape index (κ1) is 13.5. The van der Waals surface area contributed by atoms with Gasteiger partial charge in [0.1, 0.15) is 5.82 Å². The topological polar surface area (TPSA) is 42.0 Å². The van der Waals surface area contributed by atoms with Crippen molar-refractivity contribution in [3.05, 3.63) is 59.1 Å². The van der Waals surface area contributed by atoms with Gasteiger partial charge in [0.05, 0.1) is 5.02 Å². The number of pyridine rings is 1. The summed E-state index contributed by atoms with van der Waals surface area (Å²) in [6.45, 7) is 0. The zero-order chi connectivity index (χ0) is 13.7. The normalized spacial score (nSPS) is 10.2. The smallest absolute Gasteiger partial charge is 0.224 e. The van der Waals surface area contributed by atoms with E-state index in [0.717, 1.165) is 5.69 Å². The van der Waals surface area contributed by atoms with Gasteiger partial charge in [0, 0.05) is 24.0 Å².